The van der Waals surface area contributed by atoms with Crippen molar-refractivity contribution < 1.29 is 0 Å². The van der Waals surface area contributed by atoms with Gasteiger partial charge in [-0.1, -0.05) is 24.6 Å². The molecular weight excluding hydrogens is 302 g/mol. The molecule has 5 heteroatoms. The van der Waals surface area contributed by atoms with E-state index in [1.807, 2.05) is 37.3 Å². The van der Waals surface area contributed by atoms with E-state index in [4.69, 9.17) is 17.3 Å². The summed E-state index contributed by atoms with van der Waals surface area (Å²) in [5.74, 6) is 1.58. The molecule has 21 heavy (non-hydrogen) atoms. The van der Waals surface area contributed by atoms with Crippen LogP contribution in [-0.4, -0.2) is 16.0 Å². The predicted octanol–water partition coefficient (Wildman–Crippen LogP) is 4.01. The van der Waals surface area contributed by atoms with Crippen LogP contribution in [0.15, 0.2) is 35.2 Å². The fourth-order valence-corrected chi connectivity index (χ4v) is 3.05. The second-order valence-electron chi connectivity index (χ2n) is 5.04. The van der Waals surface area contributed by atoms with Crippen LogP contribution in [0.4, 0.5) is 0 Å². The highest BCUT2D eigenvalue weighted by Crippen LogP contribution is 2.24. The summed E-state index contributed by atoms with van der Waals surface area (Å²) in [6.07, 6.45) is 1.75. The minimum atomic E-state index is 0.160. The van der Waals surface area contributed by atoms with Gasteiger partial charge in [0.15, 0.2) is 0 Å². The van der Waals surface area contributed by atoms with Crippen LogP contribution in [0, 0.1) is 6.92 Å². The third-order valence-corrected chi connectivity index (χ3v) is 4.34. The Morgan fingerprint density at radius 3 is 2.81 bits per heavy atom. The van der Waals surface area contributed by atoms with Crippen molar-refractivity contribution in [1.29, 1.82) is 0 Å². The van der Waals surface area contributed by atoms with E-state index >= 15 is 0 Å². The van der Waals surface area contributed by atoms with Gasteiger partial charge in [-0.3, -0.25) is 0 Å². The maximum absolute atomic E-state index is 6.01. The van der Waals surface area contributed by atoms with E-state index in [1.54, 1.807) is 11.8 Å². The van der Waals surface area contributed by atoms with Gasteiger partial charge in [-0.25, -0.2) is 9.97 Å². The van der Waals surface area contributed by atoms with Crippen molar-refractivity contribution in [1.82, 2.24) is 9.97 Å². The molecule has 1 atom stereocenters. The van der Waals surface area contributed by atoms with Crippen molar-refractivity contribution in [2.45, 2.75) is 43.4 Å². The standard InChI is InChI=1S/C16H20ClN3S/c1-3-13(18)9-14-7-11(2)19-16(20-14)10-21-15-6-4-5-12(17)8-15/h4-8,13H,3,9-10,18H2,1-2H3. The molecule has 0 fully saturated rings. The topological polar surface area (TPSA) is 51.8 Å². The summed E-state index contributed by atoms with van der Waals surface area (Å²) < 4.78 is 0. The molecule has 0 amide bonds. The first-order valence-corrected chi connectivity index (χ1v) is 8.40. The number of nitrogens with two attached hydrogens (primary N) is 1. The molecular formula is C16H20ClN3S. The van der Waals surface area contributed by atoms with Crippen LogP contribution in [0.5, 0.6) is 0 Å². The lowest BCUT2D eigenvalue weighted by Gasteiger charge is -2.10. The van der Waals surface area contributed by atoms with Gasteiger partial charge in [-0.2, -0.15) is 0 Å². The first kappa shape index (κ1) is 16.3. The van der Waals surface area contributed by atoms with Crippen LogP contribution < -0.4 is 5.73 Å². The molecule has 0 radical (unpaired) electrons. The summed E-state index contributed by atoms with van der Waals surface area (Å²) >= 11 is 7.68. The Hall–Kier alpha value is -1.10. The monoisotopic (exact) mass is 321 g/mol. The van der Waals surface area contributed by atoms with E-state index in [-0.39, 0.29) is 6.04 Å². The van der Waals surface area contributed by atoms with Crippen LogP contribution >= 0.6 is 23.4 Å². The van der Waals surface area contributed by atoms with E-state index in [9.17, 15) is 0 Å². The average molecular weight is 322 g/mol. The zero-order valence-corrected chi connectivity index (χ0v) is 13.9. The molecule has 0 aliphatic heterocycles. The van der Waals surface area contributed by atoms with E-state index in [0.29, 0.717) is 0 Å². The summed E-state index contributed by atoms with van der Waals surface area (Å²) in [6, 6.07) is 10.00. The minimum absolute atomic E-state index is 0.160. The summed E-state index contributed by atoms with van der Waals surface area (Å²) in [5.41, 5.74) is 8.02. The lowest BCUT2D eigenvalue weighted by molar-refractivity contribution is 0.633. The number of hydrogen-bond donors (Lipinski definition) is 1. The summed E-state index contributed by atoms with van der Waals surface area (Å²) in [7, 11) is 0. The van der Waals surface area contributed by atoms with Crippen LogP contribution in [-0.2, 0) is 12.2 Å². The molecule has 0 aliphatic carbocycles. The third kappa shape index (κ3) is 5.30. The molecule has 0 spiro atoms. The Kier molecular flexibility index (Phi) is 6.03. The van der Waals surface area contributed by atoms with E-state index in [0.717, 1.165) is 45.7 Å². The van der Waals surface area contributed by atoms with Crippen molar-refractivity contribution in [3.63, 3.8) is 0 Å². The minimum Gasteiger partial charge on any atom is -0.327 e. The van der Waals surface area contributed by atoms with E-state index in [2.05, 4.69) is 16.9 Å². The zero-order valence-electron chi connectivity index (χ0n) is 12.3. The molecule has 1 heterocycles. The maximum Gasteiger partial charge on any atom is 0.139 e. The molecule has 1 unspecified atom stereocenters. The maximum atomic E-state index is 6.01. The zero-order chi connectivity index (χ0) is 15.2. The molecule has 2 aromatic rings. The van der Waals surface area contributed by atoms with Crippen molar-refractivity contribution >= 4 is 23.4 Å². The number of hydrogen-bond acceptors (Lipinski definition) is 4. The number of rotatable bonds is 6. The van der Waals surface area contributed by atoms with Crippen LogP contribution in [0.2, 0.25) is 5.02 Å². The number of aromatic nitrogens is 2. The third-order valence-electron chi connectivity index (χ3n) is 3.11. The van der Waals surface area contributed by atoms with Gasteiger partial charge in [0.25, 0.3) is 0 Å². The molecule has 2 N–H and O–H groups in total. The van der Waals surface area contributed by atoms with E-state index < -0.39 is 0 Å². The summed E-state index contributed by atoms with van der Waals surface area (Å²) in [5, 5.41) is 0.750. The molecule has 0 bridgehead atoms. The molecule has 3 nitrogen and oxygen atoms in total. The van der Waals surface area contributed by atoms with Gasteiger partial charge >= 0.3 is 0 Å². The molecule has 0 aliphatic rings. The van der Waals surface area contributed by atoms with E-state index in [1.165, 1.54) is 0 Å². The second kappa shape index (κ2) is 7.78. The first-order chi connectivity index (χ1) is 10.1. The Morgan fingerprint density at radius 1 is 1.29 bits per heavy atom. The van der Waals surface area contributed by atoms with Crippen molar-refractivity contribution in [3.8, 4) is 0 Å². The van der Waals surface area contributed by atoms with Gasteiger partial charge in [0.05, 0.1) is 5.75 Å². The highest BCUT2D eigenvalue weighted by atomic mass is 35.5. The number of aryl methyl sites for hydroxylation is 1. The van der Waals surface area contributed by atoms with Gasteiger partial charge in [0.2, 0.25) is 0 Å². The van der Waals surface area contributed by atoms with Crippen LogP contribution in [0.3, 0.4) is 0 Å². The lowest BCUT2D eigenvalue weighted by Crippen LogP contribution is -2.22. The number of thioether (sulfide) groups is 1. The second-order valence-corrected chi connectivity index (χ2v) is 6.52. The summed E-state index contributed by atoms with van der Waals surface area (Å²) in [4.78, 5) is 10.2. The molecule has 1 aromatic heterocycles. The number of halogens is 1. The van der Waals surface area contributed by atoms with Crippen molar-refractivity contribution in [2.75, 3.05) is 0 Å². The van der Waals surface area contributed by atoms with Gasteiger partial charge in [-0.05, 0) is 37.6 Å². The SMILES string of the molecule is CCC(N)Cc1cc(C)nc(CSc2cccc(Cl)c2)n1. The predicted molar refractivity (Wildman–Crippen MR) is 89.8 cm³/mol. The van der Waals surface area contributed by atoms with Gasteiger partial charge in [0, 0.05) is 33.8 Å². The highest BCUT2D eigenvalue weighted by molar-refractivity contribution is 7.98. The first-order valence-electron chi connectivity index (χ1n) is 7.04. The fourth-order valence-electron chi connectivity index (χ4n) is 1.99. The number of nitrogens with zero attached hydrogens (tertiary/aromatic N) is 2. The highest BCUT2D eigenvalue weighted by Gasteiger charge is 2.07. The van der Waals surface area contributed by atoms with Crippen molar-refractivity contribution in [2.24, 2.45) is 5.73 Å². The Morgan fingerprint density at radius 2 is 2.10 bits per heavy atom. The Bertz CT molecular complexity index is 604. The number of benzene rings is 1. The molecule has 0 saturated carbocycles. The van der Waals surface area contributed by atoms with Crippen molar-refractivity contribution in [3.05, 3.63) is 52.6 Å². The average Bonchev–Trinajstić information content (AvgIpc) is 2.44. The fraction of sp³-hybridized carbons (Fsp3) is 0.375. The van der Waals surface area contributed by atoms with Gasteiger partial charge in [0.1, 0.15) is 5.82 Å². The molecule has 112 valence electrons. The molecule has 2 rings (SSSR count). The largest absolute Gasteiger partial charge is 0.327 e. The Balaban J connectivity index is 2.06. The lowest BCUT2D eigenvalue weighted by atomic mass is 10.1. The summed E-state index contributed by atoms with van der Waals surface area (Å²) in [6.45, 7) is 4.09. The Labute approximate surface area is 135 Å². The van der Waals surface area contributed by atoms with Gasteiger partial charge in [-0.15, -0.1) is 11.8 Å². The smallest absolute Gasteiger partial charge is 0.139 e. The van der Waals surface area contributed by atoms with Gasteiger partial charge < -0.3 is 5.73 Å². The van der Waals surface area contributed by atoms with Crippen LogP contribution in [0.25, 0.3) is 0 Å². The normalized spacial score (nSPS) is 12.4. The quantitative estimate of drug-likeness (QED) is 0.817. The molecule has 1 aromatic carbocycles. The molecule has 0 saturated heterocycles. The van der Waals surface area contributed by atoms with Crippen LogP contribution in [0.1, 0.15) is 30.6 Å².